The molecule has 0 radical (unpaired) electrons. The minimum absolute atomic E-state index is 0.940. The van der Waals surface area contributed by atoms with Crippen molar-refractivity contribution in [3.63, 3.8) is 0 Å². The predicted octanol–water partition coefficient (Wildman–Crippen LogP) is 20.9. The number of nitrogens with zero attached hydrogens (tertiary/aromatic N) is 5. The maximum Gasteiger partial charge on any atom is 0.0709 e. The highest BCUT2D eigenvalue weighted by atomic mass is 15.1. The van der Waals surface area contributed by atoms with Gasteiger partial charge in [-0.25, -0.2) is 4.98 Å². The van der Waals surface area contributed by atoms with Gasteiger partial charge in [-0.3, -0.25) is 0 Å². The Morgan fingerprint density at radius 3 is 0.854 bits per heavy atom. The molecule has 0 aliphatic heterocycles. The Hall–Kier alpha value is -11.0. The Morgan fingerprint density at radius 1 is 0.207 bits per heavy atom. The molecular weight excluding hydrogens is 995 g/mol. The van der Waals surface area contributed by atoms with Gasteiger partial charge in [0, 0.05) is 78.2 Å². The van der Waals surface area contributed by atoms with Crippen molar-refractivity contribution < 1.29 is 0 Å². The van der Waals surface area contributed by atoms with Gasteiger partial charge in [-0.1, -0.05) is 188 Å². The summed E-state index contributed by atoms with van der Waals surface area (Å²) in [6.45, 7) is 0. The molecule has 386 valence electrons. The number of rotatable bonds is 12. The maximum atomic E-state index is 5.18. The van der Waals surface area contributed by atoms with E-state index >= 15 is 0 Å². The molecule has 0 fully saturated rings. The third kappa shape index (κ3) is 8.74. The smallest absolute Gasteiger partial charge is 0.0709 e. The highest BCUT2D eigenvalue weighted by molar-refractivity contribution is 6.12. The van der Waals surface area contributed by atoms with Crippen molar-refractivity contribution in [2.24, 2.45) is 0 Å². The van der Waals surface area contributed by atoms with Crippen LogP contribution in [0.2, 0.25) is 0 Å². The number of pyridine rings is 1. The van der Waals surface area contributed by atoms with E-state index < -0.39 is 0 Å². The fourth-order valence-corrected chi connectivity index (χ4v) is 12.0. The van der Waals surface area contributed by atoms with E-state index in [1.165, 1.54) is 43.6 Å². The minimum Gasteiger partial charge on any atom is -0.310 e. The van der Waals surface area contributed by atoms with Crippen LogP contribution < -0.4 is 9.80 Å². The number of benzene rings is 12. The summed E-state index contributed by atoms with van der Waals surface area (Å²) in [5.74, 6) is 0. The summed E-state index contributed by atoms with van der Waals surface area (Å²) in [6, 6.07) is 115. The fourth-order valence-electron chi connectivity index (χ4n) is 12.0. The summed E-state index contributed by atoms with van der Waals surface area (Å²) >= 11 is 0. The summed E-state index contributed by atoms with van der Waals surface area (Å²) in [7, 11) is 0. The van der Waals surface area contributed by atoms with E-state index in [1.807, 2.05) is 0 Å². The average molecular weight is 1050 g/mol. The molecule has 0 aliphatic carbocycles. The number of hydrogen-bond acceptors (Lipinski definition) is 3. The van der Waals surface area contributed by atoms with Crippen molar-refractivity contribution in [3.8, 4) is 56.1 Å². The van der Waals surface area contributed by atoms with E-state index in [0.29, 0.717) is 0 Å². The number of para-hydroxylation sites is 6. The molecule has 3 aromatic heterocycles. The second-order valence-corrected chi connectivity index (χ2v) is 20.8. The first-order valence-corrected chi connectivity index (χ1v) is 27.9. The van der Waals surface area contributed by atoms with Gasteiger partial charge < -0.3 is 18.9 Å². The number of hydrogen-bond donors (Lipinski definition) is 0. The Bertz CT molecular complexity index is 4360. The predicted molar refractivity (Wildman–Crippen MR) is 344 cm³/mol. The Balaban J connectivity index is 0.662. The van der Waals surface area contributed by atoms with Gasteiger partial charge in [0.05, 0.1) is 33.5 Å². The van der Waals surface area contributed by atoms with Crippen LogP contribution in [0.25, 0.3) is 99.8 Å². The lowest BCUT2D eigenvalue weighted by Gasteiger charge is -2.25. The summed E-state index contributed by atoms with van der Waals surface area (Å²) in [4.78, 5) is 9.83. The van der Waals surface area contributed by atoms with Gasteiger partial charge in [-0.2, -0.15) is 0 Å². The molecule has 3 heterocycles. The van der Waals surface area contributed by atoms with Crippen molar-refractivity contribution in [2.45, 2.75) is 0 Å². The average Bonchev–Trinajstić information content (AvgIpc) is 4.12. The molecule has 0 spiro atoms. The van der Waals surface area contributed by atoms with Gasteiger partial charge >= 0.3 is 0 Å². The van der Waals surface area contributed by atoms with Crippen LogP contribution in [-0.4, -0.2) is 14.1 Å². The SMILES string of the molecule is c1ccc(N(c2ccccc2)c2ccc3c(c2)c2ccccc2n3-c2ccc(-c3ccc(-c4cccc(-c5ccc(-c6ccc(-n7c8ccccc8c8cc(N(c9ccccc9)c9ccccc9)ccc87)cc6)cc5)n4)cc3)cc2)cc1. The molecule has 0 unspecified atom stereocenters. The number of anilines is 6. The lowest BCUT2D eigenvalue weighted by molar-refractivity contribution is 1.18. The Morgan fingerprint density at radius 2 is 0.500 bits per heavy atom. The first kappa shape index (κ1) is 48.1. The molecule has 0 saturated carbocycles. The van der Waals surface area contributed by atoms with Crippen LogP contribution in [0.1, 0.15) is 0 Å². The summed E-state index contributed by atoms with van der Waals surface area (Å²) in [6.07, 6.45) is 0. The molecule has 0 N–H and O–H groups in total. The van der Waals surface area contributed by atoms with Gasteiger partial charge in [0.2, 0.25) is 0 Å². The first-order valence-electron chi connectivity index (χ1n) is 27.9. The molecule has 0 saturated heterocycles. The van der Waals surface area contributed by atoms with E-state index in [2.05, 4.69) is 340 Å². The largest absolute Gasteiger partial charge is 0.310 e. The number of aromatic nitrogens is 3. The van der Waals surface area contributed by atoms with Crippen LogP contribution in [0.15, 0.2) is 322 Å². The van der Waals surface area contributed by atoms with Gasteiger partial charge in [-0.05, 0) is 156 Å². The molecule has 5 nitrogen and oxygen atoms in total. The second-order valence-electron chi connectivity index (χ2n) is 20.8. The highest BCUT2D eigenvalue weighted by Crippen LogP contribution is 2.42. The zero-order valence-corrected chi connectivity index (χ0v) is 44.8. The minimum atomic E-state index is 0.940. The molecular formula is C77H53N5. The molecule has 5 heteroatoms. The molecule has 0 bridgehead atoms. The van der Waals surface area contributed by atoms with E-state index in [0.717, 1.165) is 90.3 Å². The van der Waals surface area contributed by atoms with Crippen LogP contribution in [0.4, 0.5) is 34.1 Å². The zero-order chi connectivity index (χ0) is 54.3. The van der Waals surface area contributed by atoms with E-state index in [4.69, 9.17) is 4.98 Å². The van der Waals surface area contributed by atoms with Gasteiger partial charge in [-0.15, -0.1) is 0 Å². The lowest BCUT2D eigenvalue weighted by atomic mass is 10.0. The molecule has 0 aliphatic rings. The molecule has 0 amide bonds. The van der Waals surface area contributed by atoms with Crippen molar-refractivity contribution in [3.05, 3.63) is 322 Å². The van der Waals surface area contributed by atoms with Crippen LogP contribution in [-0.2, 0) is 0 Å². The van der Waals surface area contributed by atoms with Crippen LogP contribution in [0.3, 0.4) is 0 Å². The zero-order valence-electron chi connectivity index (χ0n) is 44.8. The van der Waals surface area contributed by atoms with E-state index in [1.54, 1.807) is 0 Å². The lowest BCUT2D eigenvalue weighted by Crippen LogP contribution is -2.09. The molecule has 12 aromatic carbocycles. The molecule has 82 heavy (non-hydrogen) atoms. The number of fused-ring (bicyclic) bond motifs is 6. The maximum absolute atomic E-state index is 5.18. The monoisotopic (exact) mass is 1050 g/mol. The van der Waals surface area contributed by atoms with Crippen molar-refractivity contribution >= 4 is 77.7 Å². The summed E-state index contributed by atoms with van der Waals surface area (Å²) in [5, 5.41) is 4.87. The summed E-state index contributed by atoms with van der Waals surface area (Å²) in [5.41, 5.74) is 22.3. The molecule has 15 aromatic rings. The van der Waals surface area contributed by atoms with E-state index in [9.17, 15) is 0 Å². The van der Waals surface area contributed by atoms with Crippen LogP contribution >= 0.6 is 0 Å². The fraction of sp³-hybridized carbons (Fsp3) is 0. The van der Waals surface area contributed by atoms with Crippen LogP contribution in [0.5, 0.6) is 0 Å². The van der Waals surface area contributed by atoms with Crippen molar-refractivity contribution in [2.75, 3.05) is 9.80 Å². The van der Waals surface area contributed by atoms with Crippen molar-refractivity contribution in [1.82, 2.24) is 14.1 Å². The van der Waals surface area contributed by atoms with Crippen molar-refractivity contribution in [1.29, 1.82) is 0 Å². The Labute approximate surface area is 476 Å². The topological polar surface area (TPSA) is 29.2 Å². The van der Waals surface area contributed by atoms with Gasteiger partial charge in [0.15, 0.2) is 0 Å². The van der Waals surface area contributed by atoms with Gasteiger partial charge in [0.25, 0.3) is 0 Å². The second kappa shape index (κ2) is 20.7. The summed E-state index contributed by atoms with van der Waals surface area (Å²) < 4.78 is 4.77. The Kier molecular flexibility index (Phi) is 12.1. The van der Waals surface area contributed by atoms with Crippen LogP contribution in [0, 0.1) is 0 Å². The standard InChI is InChI=1S/C77H53N5/c1-5-18-60(19-6-1)79(61-20-7-2-8-21-61)66-48-50-76-70(52-66)68-26-13-15-30-74(68)81(76)64-44-40-56(41-45-64)54-32-36-58(37-33-54)72-28-17-29-73(78-72)59-38-34-55(35-39-59)57-42-46-65(47-43-57)82-75-31-16-14-27-69(75)71-53-67(49-51-77(71)82)80(62-22-9-3-10-23-62)63-24-11-4-12-25-63/h1-53H. The normalized spacial score (nSPS) is 11.4. The highest BCUT2D eigenvalue weighted by Gasteiger charge is 2.20. The van der Waals surface area contributed by atoms with E-state index in [-0.39, 0.29) is 0 Å². The molecule has 15 rings (SSSR count). The third-order valence-corrected chi connectivity index (χ3v) is 15.9. The molecule has 0 atom stereocenters. The first-order chi connectivity index (χ1) is 40.7. The quantitative estimate of drug-likeness (QED) is 0.122. The third-order valence-electron chi connectivity index (χ3n) is 15.9. The van der Waals surface area contributed by atoms with Gasteiger partial charge in [0.1, 0.15) is 0 Å².